The molecule has 2 aromatic rings. The number of hydrogen-bond acceptors (Lipinski definition) is 3. The van der Waals surface area contributed by atoms with Crippen LogP contribution in [-0.4, -0.2) is 4.92 Å². The molecule has 1 aromatic carbocycles. The summed E-state index contributed by atoms with van der Waals surface area (Å²) in [5, 5.41) is 10.8. The Kier molecular flexibility index (Phi) is 2.51. The zero-order chi connectivity index (χ0) is 10.8. The second-order valence-corrected chi connectivity index (χ2v) is 4.41. The number of thiophene rings is 1. The summed E-state index contributed by atoms with van der Waals surface area (Å²) in [5.41, 5.74) is 1.98. The predicted molar refractivity (Wildman–Crippen MR) is 61.1 cm³/mol. The minimum atomic E-state index is -0.343. The maximum absolute atomic E-state index is 10.6. The molecule has 0 spiro atoms. The van der Waals surface area contributed by atoms with E-state index in [2.05, 4.69) is 0 Å². The van der Waals surface area contributed by atoms with E-state index in [4.69, 9.17) is 0 Å². The first-order valence-corrected chi connectivity index (χ1v) is 5.30. The Morgan fingerprint density at radius 1 is 1.27 bits per heavy atom. The van der Waals surface area contributed by atoms with E-state index in [-0.39, 0.29) is 9.92 Å². The van der Waals surface area contributed by atoms with Crippen LogP contribution in [0.2, 0.25) is 0 Å². The smallest absolute Gasteiger partial charge is 0.258 e. The largest absolute Gasteiger partial charge is 0.324 e. The minimum Gasteiger partial charge on any atom is -0.258 e. The zero-order valence-electron chi connectivity index (χ0n) is 8.14. The van der Waals surface area contributed by atoms with E-state index in [1.54, 1.807) is 6.07 Å². The first kappa shape index (κ1) is 9.86. The molecule has 0 radical (unpaired) electrons. The molecular weight excluding hydrogens is 210 g/mol. The topological polar surface area (TPSA) is 43.1 Å². The highest BCUT2D eigenvalue weighted by molar-refractivity contribution is 7.15. The molecule has 0 atom stereocenters. The molecule has 0 bridgehead atoms. The lowest BCUT2D eigenvalue weighted by Crippen LogP contribution is -1.81. The molecule has 1 aromatic heterocycles. The van der Waals surface area contributed by atoms with E-state index >= 15 is 0 Å². The molecule has 2 rings (SSSR count). The average Bonchev–Trinajstić information content (AvgIpc) is 2.62. The second-order valence-electron chi connectivity index (χ2n) is 3.18. The molecule has 76 valence electrons. The van der Waals surface area contributed by atoms with Gasteiger partial charge in [0.1, 0.15) is 0 Å². The number of nitrogens with zero attached hydrogens (tertiary/aromatic N) is 1. The Labute approximate surface area is 91.1 Å². The Balaban J connectivity index is 2.50. The molecule has 1 heterocycles. The maximum Gasteiger partial charge on any atom is 0.324 e. The second kappa shape index (κ2) is 3.82. The predicted octanol–water partition coefficient (Wildman–Crippen LogP) is 3.63. The summed E-state index contributed by atoms with van der Waals surface area (Å²) >= 11 is 1.22. The summed E-state index contributed by atoms with van der Waals surface area (Å²) in [6.45, 7) is 1.90. The van der Waals surface area contributed by atoms with Crippen LogP contribution >= 0.6 is 11.3 Å². The van der Waals surface area contributed by atoms with Crippen molar-refractivity contribution >= 4 is 16.3 Å². The fourth-order valence-electron chi connectivity index (χ4n) is 1.46. The van der Waals surface area contributed by atoms with Gasteiger partial charge in [0.15, 0.2) is 0 Å². The van der Waals surface area contributed by atoms with Crippen molar-refractivity contribution < 1.29 is 4.92 Å². The third-order valence-electron chi connectivity index (χ3n) is 2.17. The fourth-order valence-corrected chi connectivity index (χ4v) is 2.31. The summed E-state index contributed by atoms with van der Waals surface area (Å²) in [7, 11) is 0. The van der Waals surface area contributed by atoms with E-state index in [0.29, 0.717) is 0 Å². The molecule has 0 saturated carbocycles. The van der Waals surface area contributed by atoms with Crippen LogP contribution in [0.3, 0.4) is 0 Å². The van der Waals surface area contributed by atoms with Crippen molar-refractivity contribution in [2.24, 2.45) is 0 Å². The fraction of sp³-hybridized carbons (Fsp3) is 0.0909. The van der Waals surface area contributed by atoms with Crippen LogP contribution in [-0.2, 0) is 0 Å². The zero-order valence-corrected chi connectivity index (χ0v) is 8.95. The highest BCUT2D eigenvalue weighted by atomic mass is 32.1. The first-order chi connectivity index (χ1) is 7.18. The number of hydrogen-bond donors (Lipinski definition) is 0. The molecular formula is C11H9NO2S. The minimum absolute atomic E-state index is 0.200. The van der Waals surface area contributed by atoms with Gasteiger partial charge in [0.2, 0.25) is 0 Å². The number of benzene rings is 1. The van der Waals surface area contributed by atoms with Gasteiger partial charge >= 0.3 is 5.00 Å². The van der Waals surface area contributed by atoms with Crippen LogP contribution in [0.25, 0.3) is 11.1 Å². The molecule has 4 heteroatoms. The van der Waals surface area contributed by atoms with Crippen molar-refractivity contribution in [1.29, 1.82) is 0 Å². The Morgan fingerprint density at radius 2 is 1.93 bits per heavy atom. The summed E-state index contributed by atoms with van der Waals surface area (Å²) in [5.74, 6) is 0. The number of rotatable bonds is 2. The monoisotopic (exact) mass is 219 g/mol. The summed E-state index contributed by atoms with van der Waals surface area (Å²) in [4.78, 5) is 11.3. The van der Waals surface area contributed by atoms with E-state index in [0.717, 1.165) is 16.0 Å². The van der Waals surface area contributed by atoms with Gasteiger partial charge < -0.3 is 0 Å². The molecule has 15 heavy (non-hydrogen) atoms. The maximum atomic E-state index is 10.6. The van der Waals surface area contributed by atoms with E-state index in [1.807, 2.05) is 37.3 Å². The van der Waals surface area contributed by atoms with Crippen LogP contribution in [0.4, 0.5) is 5.00 Å². The summed E-state index contributed by atoms with van der Waals surface area (Å²) in [6, 6.07) is 11.3. The van der Waals surface area contributed by atoms with Crippen molar-refractivity contribution in [1.82, 2.24) is 0 Å². The van der Waals surface area contributed by atoms with Gasteiger partial charge in [-0.15, -0.1) is 0 Å². The lowest BCUT2D eigenvalue weighted by molar-refractivity contribution is -0.380. The Bertz CT molecular complexity index is 491. The number of nitro groups is 1. The molecule has 3 nitrogen and oxygen atoms in total. The Morgan fingerprint density at radius 3 is 2.47 bits per heavy atom. The van der Waals surface area contributed by atoms with E-state index < -0.39 is 0 Å². The Hall–Kier alpha value is -1.68. The molecule has 0 unspecified atom stereocenters. The van der Waals surface area contributed by atoms with Gasteiger partial charge in [-0.2, -0.15) is 0 Å². The van der Waals surface area contributed by atoms with E-state index in [9.17, 15) is 10.1 Å². The van der Waals surface area contributed by atoms with Gasteiger partial charge in [0, 0.05) is 16.5 Å². The van der Waals surface area contributed by atoms with Crippen molar-refractivity contribution in [3.8, 4) is 11.1 Å². The number of aryl methyl sites for hydroxylation is 1. The van der Waals surface area contributed by atoms with Crippen molar-refractivity contribution in [2.75, 3.05) is 0 Å². The summed E-state index contributed by atoms with van der Waals surface area (Å²) in [6.07, 6.45) is 0. The van der Waals surface area contributed by atoms with Crippen molar-refractivity contribution in [3.63, 3.8) is 0 Å². The SMILES string of the molecule is Cc1sc([N+](=O)[O-])cc1-c1ccccc1. The van der Waals surface area contributed by atoms with Crippen LogP contribution < -0.4 is 0 Å². The van der Waals surface area contributed by atoms with Gasteiger partial charge in [-0.25, -0.2) is 0 Å². The van der Waals surface area contributed by atoms with Gasteiger partial charge in [0.25, 0.3) is 0 Å². The quantitative estimate of drug-likeness (QED) is 0.571. The molecule has 0 amide bonds. The molecule has 0 aliphatic heterocycles. The van der Waals surface area contributed by atoms with Gasteiger partial charge in [-0.3, -0.25) is 10.1 Å². The third-order valence-corrected chi connectivity index (χ3v) is 3.17. The van der Waals surface area contributed by atoms with Crippen LogP contribution in [0, 0.1) is 17.0 Å². The molecule has 0 N–H and O–H groups in total. The molecule has 0 aliphatic carbocycles. The first-order valence-electron chi connectivity index (χ1n) is 4.49. The van der Waals surface area contributed by atoms with Crippen molar-refractivity contribution in [2.45, 2.75) is 6.92 Å². The molecule has 0 saturated heterocycles. The summed E-state index contributed by atoms with van der Waals surface area (Å²) < 4.78 is 0. The highest BCUT2D eigenvalue weighted by Gasteiger charge is 2.14. The average molecular weight is 219 g/mol. The third kappa shape index (κ3) is 1.89. The highest BCUT2D eigenvalue weighted by Crippen LogP contribution is 2.34. The standard InChI is InChI=1S/C11H9NO2S/c1-8-10(7-11(15-8)12(13)14)9-5-3-2-4-6-9/h2-7H,1H3. The van der Waals surface area contributed by atoms with Crippen LogP contribution in [0.1, 0.15) is 4.88 Å². The lowest BCUT2D eigenvalue weighted by atomic mass is 10.1. The van der Waals surface area contributed by atoms with Gasteiger partial charge in [-0.05, 0) is 12.5 Å². The lowest BCUT2D eigenvalue weighted by Gasteiger charge is -1.97. The molecule has 0 fully saturated rings. The van der Waals surface area contributed by atoms with E-state index in [1.165, 1.54) is 11.3 Å². The van der Waals surface area contributed by atoms with Crippen LogP contribution in [0.15, 0.2) is 36.4 Å². The normalized spacial score (nSPS) is 10.2. The van der Waals surface area contributed by atoms with Crippen LogP contribution in [0.5, 0.6) is 0 Å². The van der Waals surface area contributed by atoms with Gasteiger partial charge in [0.05, 0.1) is 4.92 Å². The van der Waals surface area contributed by atoms with Gasteiger partial charge in [-0.1, -0.05) is 41.7 Å². The van der Waals surface area contributed by atoms with Crippen molar-refractivity contribution in [3.05, 3.63) is 51.4 Å². The molecule has 0 aliphatic rings.